The third kappa shape index (κ3) is 5.64. The van der Waals surface area contributed by atoms with Crippen LogP contribution in [-0.4, -0.2) is 34.4 Å². The molecule has 1 rings (SSSR count). The first kappa shape index (κ1) is 15.3. The van der Waals surface area contributed by atoms with Gasteiger partial charge in [0.2, 0.25) is 10.0 Å². The van der Waals surface area contributed by atoms with Gasteiger partial charge < -0.3 is 9.47 Å². The van der Waals surface area contributed by atoms with Crippen molar-refractivity contribution in [2.24, 2.45) is 0 Å². The first-order valence-corrected chi connectivity index (χ1v) is 7.43. The number of hydrogen-bond acceptors (Lipinski definition) is 4. The maximum Gasteiger partial charge on any atom is 0.212 e. The molecule has 0 saturated carbocycles. The zero-order valence-corrected chi connectivity index (χ0v) is 11.8. The summed E-state index contributed by atoms with van der Waals surface area (Å²) < 4.78 is 35.1. The lowest BCUT2D eigenvalue weighted by Gasteiger charge is -2.07. The van der Waals surface area contributed by atoms with E-state index >= 15 is 0 Å². The minimum absolute atomic E-state index is 0.0480. The van der Waals surface area contributed by atoms with E-state index in [1.54, 1.807) is 26.2 Å². The molecule has 0 aliphatic heterocycles. The highest BCUT2D eigenvalue weighted by molar-refractivity contribution is 7.89. The highest BCUT2D eigenvalue weighted by Gasteiger charge is 2.02. The molecule has 0 fully saturated rings. The summed E-state index contributed by atoms with van der Waals surface area (Å²) in [6, 6.07) is 7.25. The van der Waals surface area contributed by atoms with Gasteiger partial charge in [-0.3, -0.25) is 0 Å². The predicted octanol–water partition coefficient (Wildman–Crippen LogP) is 1.02. The molecular weight excluding hydrogens is 266 g/mol. The maximum atomic E-state index is 11.1. The van der Waals surface area contributed by atoms with Crippen LogP contribution in [0.2, 0.25) is 0 Å². The maximum absolute atomic E-state index is 11.1. The molecule has 0 aliphatic rings. The van der Waals surface area contributed by atoms with E-state index in [-0.39, 0.29) is 18.9 Å². The summed E-state index contributed by atoms with van der Waals surface area (Å²) in [7, 11) is -1.62. The van der Waals surface area contributed by atoms with Crippen LogP contribution in [0.4, 0.5) is 0 Å². The van der Waals surface area contributed by atoms with Crippen LogP contribution in [-0.2, 0) is 10.0 Å². The smallest absolute Gasteiger partial charge is 0.212 e. The molecule has 0 spiro atoms. The van der Waals surface area contributed by atoms with Crippen LogP contribution in [0.3, 0.4) is 0 Å². The molecule has 0 bridgehead atoms. The summed E-state index contributed by atoms with van der Waals surface area (Å²) in [6.07, 6.45) is 0. The van der Waals surface area contributed by atoms with E-state index in [4.69, 9.17) is 9.47 Å². The van der Waals surface area contributed by atoms with Crippen molar-refractivity contribution < 1.29 is 17.9 Å². The van der Waals surface area contributed by atoms with Gasteiger partial charge in [0, 0.05) is 0 Å². The minimum Gasteiger partial charge on any atom is -0.493 e. The van der Waals surface area contributed by atoms with Crippen LogP contribution in [0.15, 0.2) is 24.3 Å². The average molecular weight is 283 g/mol. The summed E-state index contributed by atoms with van der Waals surface area (Å²) in [5, 5.41) is 0. The molecule has 1 aromatic carbocycles. The Hall–Kier alpha value is -1.71. The van der Waals surface area contributed by atoms with Gasteiger partial charge in [0.15, 0.2) is 11.5 Å². The second-order valence-electron chi connectivity index (χ2n) is 3.52. The lowest BCUT2D eigenvalue weighted by Crippen LogP contribution is -2.25. The summed E-state index contributed by atoms with van der Waals surface area (Å²) >= 11 is 0. The molecule has 0 aliphatic carbocycles. The number of rotatable bonds is 6. The summed E-state index contributed by atoms with van der Waals surface area (Å²) in [4.78, 5) is 0. The zero-order valence-electron chi connectivity index (χ0n) is 11.0. The monoisotopic (exact) mass is 283 g/mol. The van der Waals surface area contributed by atoms with E-state index < -0.39 is 10.0 Å². The van der Waals surface area contributed by atoms with E-state index in [0.29, 0.717) is 11.5 Å². The fourth-order valence-electron chi connectivity index (χ4n) is 1.21. The SMILES string of the molecule is CCS(=O)(=O)NCC#CCOc1ccccc1OC. The number of ether oxygens (including phenoxy) is 2. The summed E-state index contributed by atoms with van der Waals surface area (Å²) in [6.45, 7) is 1.83. The van der Waals surface area contributed by atoms with E-state index in [2.05, 4.69) is 16.6 Å². The van der Waals surface area contributed by atoms with Crippen LogP contribution >= 0.6 is 0 Å². The van der Waals surface area contributed by atoms with Crippen molar-refractivity contribution in [3.63, 3.8) is 0 Å². The molecular formula is C13H17NO4S. The first-order chi connectivity index (χ1) is 9.09. The number of hydrogen-bond donors (Lipinski definition) is 1. The molecule has 6 heteroatoms. The van der Waals surface area contributed by atoms with Crippen molar-refractivity contribution in [3.8, 4) is 23.3 Å². The van der Waals surface area contributed by atoms with E-state index in [9.17, 15) is 8.42 Å². The molecule has 1 aromatic rings. The van der Waals surface area contributed by atoms with Gasteiger partial charge in [-0.05, 0) is 19.1 Å². The number of benzene rings is 1. The highest BCUT2D eigenvalue weighted by atomic mass is 32.2. The van der Waals surface area contributed by atoms with Gasteiger partial charge in [-0.15, -0.1) is 0 Å². The van der Waals surface area contributed by atoms with E-state index in [0.717, 1.165) is 0 Å². The van der Waals surface area contributed by atoms with Gasteiger partial charge in [0.1, 0.15) is 6.61 Å². The summed E-state index contributed by atoms with van der Waals surface area (Å²) in [5.74, 6) is 6.69. The van der Waals surface area contributed by atoms with Crippen molar-refractivity contribution in [2.45, 2.75) is 6.92 Å². The predicted molar refractivity (Wildman–Crippen MR) is 73.7 cm³/mol. The Bertz CT molecular complexity index is 557. The molecule has 0 heterocycles. The van der Waals surface area contributed by atoms with Gasteiger partial charge >= 0.3 is 0 Å². The fourth-order valence-corrected chi connectivity index (χ4v) is 1.71. The normalized spacial score (nSPS) is 10.4. The van der Waals surface area contributed by atoms with Gasteiger partial charge in [-0.2, -0.15) is 0 Å². The van der Waals surface area contributed by atoms with Crippen LogP contribution in [0.25, 0.3) is 0 Å². The fraction of sp³-hybridized carbons (Fsp3) is 0.385. The van der Waals surface area contributed by atoms with Gasteiger partial charge in [-0.1, -0.05) is 24.0 Å². The molecule has 19 heavy (non-hydrogen) atoms. The molecule has 5 nitrogen and oxygen atoms in total. The van der Waals surface area contributed by atoms with Gasteiger partial charge in [-0.25, -0.2) is 13.1 Å². The van der Waals surface area contributed by atoms with Crippen LogP contribution in [0.5, 0.6) is 11.5 Å². The molecule has 0 amide bonds. The Morgan fingerprint density at radius 1 is 1.21 bits per heavy atom. The van der Waals surface area contributed by atoms with Crippen molar-refractivity contribution in [1.29, 1.82) is 0 Å². The third-order valence-electron chi connectivity index (χ3n) is 2.25. The van der Waals surface area contributed by atoms with Crippen molar-refractivity contribution >= 4 is 10.0 Å². The van der Waals surface area contributed by atoms with E-state index in [1.165, 1.54) is 0 Å². The van der Waals surface area contributed by atoms with E-state index in [1.807, 2.05) is 12.1 Å². The third-order valence-corrected chi connectivity index (χ3v) is 3.60. The second-order valence-corrected chi connectivity index (χ2v) is 5.61. The largest absolute Gasteiger partial charge is 0.493 e. The Morgan fingerprint density at radius 3 is 2.53 bits per heavy atom. The first-order valence-electron chi connectivity index (χ1n) is 5.78. The Balaban J connectivity index is 2.39. The Morgan fingerprint density at radius 2 is 1.89 bits per heavy atom. The molecule has 1 N–H and O–H groups in total. The second kappa shape index (κ2) is 7.67. The molecule has 104 valence electrons. The zero-order chi connectivity index (χ0) is 14.1. The Labute approximate surface area is 114 Å². The highest BCUT2D eigenvalue weighted by Crippen LogP contribution is 2.25. The molecule has 0 saturated heterocycles. The molecule has 0 aromatic heterocycles. The quantitative estimate of drug-likeness (QED) is 0.792. The van der Waals surface area contributed by atoms with Crippen LogP contribution in [0, 0.1) is 11.8 Å². The Kier molecular flexibility index (Phi) is 6.19. The molecule has 0 unspecified atom stereocenters. The number of methoxy groups -OCH3 is 1. The number of nitrogens with one attached hydrogen (secondary N) is 1. The average Bonchev–Trinajstić information content (AvgIpc) is 2.43. The van der Waals surface area contributed by atoms with Crippen molar-refractivity contribution in [1.82, 2.24) is 4.72 Å². The summed E-state index contributed by atoms with van der Waals surface area (Å²) in [5.41, 5.74) is 0. The molecule has 0 atom stereocenters. The topological polar surface area (TPSA) is 64.6 Å². The van der Waals surface area contributed by atoms with Crippen molar-refractivity contribution in [3.05, 3.63) is 24.3 Å². The van der Waals surface area contributed by atoms with Crippen LogP contribution in [0.1, 0.15) is 6.92 Å². The van der Waals surface area contributed by atoms with Gasteiger partial charge in [0.25, 0.3) is 0 Å². The molecule has 0 radical (unpaired) electrons. The lowest BCUT2D eigenvalue weighted by molar-refractivity contribution is 0.331. The van der Waals surface area contributed by atoms with Crippen molar-refractivity contribution in [2.75, 3.05) is 26.0 Å². The minimum atomic E-state index is -3.18. The van der Waals surface area contributed by atoms with Gasteiger partial charge in [0.05, 0.1) is 19.4 Å². The lowest BCUT2D eigenvalue weighted by atomic mass is 10.3. The number of sulfonamides is 1. The number of para-hydroxylation sites is 2. The van der Waals surface area contributed by atoms with Crippen LogP contribution < -0.4 is 14.2 Å². The standard InChI is InChI=1S/C13H17NO4S/c1-3-19(15,16)14-10-6-7-11-18-13-9-5-4-8-12(13)17-2/h4-5,8-9,14H,3,10-11H2,1-2H3.